The summed E-state index contributed by atoms with van der Waals surface area (Å²) >= 11 is 0. The molecule has 1 amide bonds. The molecule has 0 aliphatic heterocycles. The van der Waals surface area contributed by atoms with E-state index in [4.69, 9.17) is 10.5 Å². The summed E-state index contributed by atoms with van der Waals surface area (Å²) in [6.07, 6.45) is 3.39. The fourth-order valence-electron chi connectivity index (χ4n) is 1.97. The van der Waals surface area contributed by atoms with Crippen molar-refractivity contribution in [3.05, 3.63) is 53.9 Å². The number of methoxy groups -OCH3 is 1. The molecule has 0 saturated carbocycles. The Kier molecular flexibility index (Phi) is 4.20. The number of nitrogens with two attached hydrogens (primary N) is 1. The number of hydrogen-bond acceptors (Lipinski definition) is 4. The number of aromatic nitrogens is 1. The molecule has 5 heteroatoms. The summed E-state index contributed by atoms with van der Waals surface area (Å²) in [5.41, 5.74) is 7.65. The third-order valence-corrected chi connectivity index (χ3v) is 3.05. The van der Waals surface area contributed by atoms with Gasteiger partial charge in [-0.25, -0.2) is 0 Å². The highest BCUT2D eigenvalue weighted by Gasteiger charge is 2.16. The Balaban J connectivity index is 2.19. The van der Waals surface area contributed by atoms with Gasteiger partial charge in [-0.1, -0.05) is 6.07 Å². The largest absolute Gasteiger partial charge is 0.494 e. The van der Waals surface area contributed by atoms with Crippen molar-refractivity contribution in [1.82, 2.24) is 10.3 Å². The zero-order chi connectivity index (χ0) is 14.5. The molecular formula is C15H17N3O2. The predicted octanol–water partition coefficient (Wildman–Crippen LogP) is 2.16. The number of rotatable bonds is 4. The van der Waals surface area contributed by atoms with Crippen LogP contribution in [0.25, 0.3) is 0 Å². The van der Waals surface area contributed by atoms with Gasteiger partial charge in [0.1, 0.15) is 0 Å². The molecule has 0 radical (unpaired) electrons. The number of ether oxygens (including phenoxy) is 1. The minimum atomic E-state index is -0.224. The first-order valence-electron chi connectivity index (χ1n) is 6.26. The molecular weight excluding hydrogens is 254 g/mol. The Morgan fingerprint density at radius 1 is 1.30 bits per heavy atom. The summed E-state index contributed by atoms with van der Waals surface area (Å²) in [7, 11) is 1.49. The number of nitrogens with zero attached hydrogens (tertiary/aromatic N) is 1. The quantitative estimate of drug-likeness (QED) is 0.835. The van der Waals surface area contributed by atoms with E-state index < -0.39 is 0 Å². The van der Waals surface area contributed by atoms with E-state index in [1.54, 1.807) is 30.6 Å². The molecule has 1 aromatic carbocycles. The van der Waals surface area contributed by atoms with Gasteiger partial charge in [-0.3, -0.25) is 9.78 Å². The molecule has 0 fully saturated rings. The van der Waals surface area contributed by atoms with Crippen molar-refractivity contribution < 1.29 is 9.53 Å². The highest BCUT2D eigenvalue weighted by molar-refractivity contribution is 5.98. The van der Waals surface area contributed by atoms with Crippen LogP contribution in [0, 0.1) is 0 Å². The lowest BCUT2D eigenvalue weighted by Crippen LogP contribution is -2.27. The summed E-state index contributed by atoms with van der Waals surface area (Å²) < 4.78 is 5.19. The van der Waals surface area contributed by atoms with Crippen molar-refractivity contribution in [2.24, 2.45) is 0 Å². The van der Waals surface area contributed by atoms with E-state index in [-0.39, 0.29) is 11.9 Å². The number of hydrogen-bond donors (Lipinski definition) is 2. The van der Waals surface area contributed by atoms with Gasteiger partial charge >= 0.3 is 0 Å². The van der Waals surface area contributed by atoms with Gasteiger partial charge < -0.3 is 15.8 Å². The third-order valence-electron chi connectivity index (χ3n) is 3.05. The SMILES string of the molecule is COc1c(N)cccc1C(=O)NC(C)c1ccncc1. The normalized spacial score (nSPS) is 11.7. The molecule has 3 N–H and O–H groups in total. The summed E-state index contributed by atoms with van der Waals surface area (Å²) in [5, 5.41) is 2.91. The molecule has 5 nitrogen and oxygen atoms in total. The van der Waals surface area contributed by atoms with Crippen molar-refractivity contribution >= 4 is 11.6 Å². The standard InChI is InChI=1S/C15H17N3O2/c1-10(11-6-8-17-9-7-11)18-15(19)12-4-3-5-13(16)14(12)20-2/h3-10H,16H2,1-2H3,(H,18,19). The zero-order valence-electron chi connectivity index (χ0n) is 11.5. The van der Waals surface area contributed by atoms with E-state index in [1.165, 1.54) is 7.11 Å². The van der Waals surface area contributed by atoms with Crippen molar-refractivity contribution in [2.75, 3.05) is 12.8 Å². The van der Waals surface area contributed by atoms with E-state index in [2.05, 4.69) is 10.3 Å². The molecule has 2 aromatic rings. The number of nitrogens with one attached hydrogen (secondary N) is 1. The van der Waals surface area contributed by atoms with Gasteiger partial charge in [0.05, 0.1) is 24.4 Å². The van der Waals surface area contributed by atoms with Crippen molar-refractivity contribution in [1.29, 1.82) is 0 Å². The maximum absolute atomic E-state index is 12.3. The number of para-hydroxylation sites is 1. The number of carbonyl (C=O) groups is 1. The Morgan fingerprint density at radius 3 is 2.65 bits per heavy atom. The molecule has 2 rings (SSSR count). The lowest BCUT2D eigenvalue weighted by atomic mass is 10.1. The van der Waals surface area contributed by atoms with Gasteiger partial charge in [0.25, 0.3) is 5.91 Å². The van der Waals surface area contributed by atoms with Gasteiger partial charge in [-0.2, -0.15) is 0 Å². The van der Waals surface area contributed by atoms with Crippen LogP contribution in [0.4, 0.5) is 5.69 Å². The van der Waals surface area contributed by atoms with Crippen LogP contribution in [-0.2, 0) is 0 Å². The van der Waals surface area contributed by atoms with Crippen molar-refractivity contribution in [2.45, 2.75) is 13.0 Å². The van der Waals surface area contributed by atoms with E-state index in [0.717, 1.165) is 5.56 Å². The summed E-state index contributed by atoms with van der Waals surface area (Å²) in [5.74, 6) is 0.172. The van der Waals surface area contributed by atoms with E-state index in [9.17, 15) is 4.79 Å². The molecule has 20 heavy (non-hydrogen) atoms. The second kappa shape index (κ2) is 6.06. The van der Waals surface area contributed by atoms with Gasteiger partial charge in [0, 0.05) is 12.4 Å². The summed E-state index contributed by atoms with van der Waals surface area (Å²) in [6, 6.07) is 8.70. The lowest BCUT2D eigenvalue weighted by Gasteiger charge is -2.16. The number of amides is 1. The van der Waals surface area contributed by atoms with E-state index >= 15 is 0 Å². The van der Waals surface area contributed by atoms with Crippen LogP contribution < -0.4 is 15.8 Å². The fraction of sp³-hybridized carbons (Fsp3) is 0.200. The molecule has 1 aromatic heterocycles. The summed E-state index contributed by atoms with van der Waals surface area (Å²) in [4.78, 5) is 16.3. The minimum Gasteiger partial charge on any atom is -0.494 e. The molecule has 0 bridgehead atoms. The number of pyridine rings is 1. The van der Waals surface area contributed by atoms with Crippen molar-refractivity contribution in [3.63, 3.8) is 0 Å². The first-order valence-corrected chi connectivity index (χ1v) is 6.26. The van der Waals surface area contributed by atoms with Crippen LogP contribution in [0.1, 0.15) is 28.9 Å². The van der Waals surface area contributed by atoms with Crippen LogP contribution in [-0.4, -0.2) is 18.0 Å². The predicted molar refractivity (Wildman–Crippen MR) is 77.5 cm³/mol. The average Bonchev–Trinajstić information content (AvgIpc) is 2.47. The molecule has 1 unspecified atom stereocenters. The highest BCUT2D eigenvalue weighted by atomic mass is 16.5. The maximum Gasteiger partial charge on any atom is 0.255 e. The Hall–Kier alpha value is -2.56. The molecule has 0 spiro atoms. The van der Waals surface area contributed by atoms with Gasteiger partial charge in [0.2, 0.25) is 0 Å². The minimum absolute atomic E-state index is 0.128. The van der Waals surface area contributed by atoms with Gasteiger partial charge in [0.15, 0.2) is 5.75 Å². The van der Waals surface area contributed by atoms with Crippen LogP contribution in [0.2, 0.25) is 0 Å². The van der Waals surface area contributed by atoms with Gasteiger partial charge in [-0.15, -0.1) is 0 Å². The molecule has 0 aliphatic carbocycles. The number of carbonyl (C=O) groups excluding carboxylic acids is 1. The average molecular weight is 271 g/mol. The number of benzene rings is 1. The summed E-state index contributed by atoms with van der Waals surface area (Å²) in [6.45, 7) is 1.91. The molecule has 1 atom stereocenters. The Bertz CT molecular complexity index is 599. The molecule has 1 heterocycles. The fourth-order valence-corrected chi connectivity index (χ4v) is 1.97. The van der Waals surface area contributed by atoms with Crippen LogP contribution in [0.15, 0.2) is 42.7 Å². The van der Waals surface area contributed by atoms with Crippen molar-refractivity contribution in [3.8, 4) is 5.75 Å². The smallest absolute Gasteiger partial charge is 0.255 e. The Morgan fingerprint density at radius 2 is 2.00 bits per heavy atom. The second-order valence-corrected chi connectivity index (χ2v) is 4.40. The topological polar surface area (TPSA) is 77.2 Å². The zero-order valence-corrected chi connectivity index (χ0v) is 11.5. The third kappa shape index (κ3) is 2.88. The van der Waals surface area contributed by atoms with E-state index in [1.807, 2.05) is 19.1 Å². The first-order chi connectivity index (χ1) is 9.63. The molecule has 104 valence electrons. The first kappa shape index (κ1) is 13.9. The Labute approximate surface area is 117 Å². The van der Waals surface area contributed by atoms with E-state index in [0.29, 0.717) is 17.0 Å². The van der Waals surface area contributed by atoms with Crippen LogP contribution >= 0.6 is 0 Å². The highest BCUT2D eigenvalue weighted by Crippen LogP contribution is 2.26. The molecule has 0 saturated heterocycles. The number of anilines is 1. The maximum atomic E-state index is 12.3. The second-order valence-electron chi connectivity index (χ2n) is 4.40. The van der Waals surface area contributed by atoms with Crippen LogP contribution in [0.3, 0.4) is 0 Å². The number of nitrogen functional groups attached to an aromatic ring is 1. The molecule has 0 aliphatic rings. The monoisotopic (exact) mass is 271 g/mol. The van der Waals surface area contributed by atoms with Crippen LogP contribution in [0.5, 0.6) is 5.75 Å². The lowest BCUT2D eigenvalue weighted by molar-refractivity contribution is 0.0937. The van der Waals surface area contributed by atoms with Gasteiger partial charge in [-0.05, 0) is 36.8 Å².